The van der Waals surface area contributed by atoms with E-state index in [4.69, 9.17) is 22.9 Å². The van der Waals surface area contributed by atoms with Crippen molar-refractivity contribution in [3.8, 4) is 0 Å². The number of nitrogens with zero attached hydrogens (tertiary/aromatic N) is 2. The van der Waals surface area contributed by atoms with Crippen LogP contribution in [0.4, 0.5) is 11.6 Å². The molecule has 0 saturated carbocycles. The average molecular weight is 402 g/mol. The molecule has 0 saturated heterocycles. The molecule has 0 aliphatic heterocycles. The Labute approximate surface area is 175 Å². The molecule has 1 aromatic heterocycles. The Balaban J connectivity index is 1.53. The van der Waals surface area contributed by atoms with Crippen molar-refractivity contribution in [2.45, 2.75) is 19.5 Å². The van der Waals surface area contributed by atoms with E-state index in [-0.39, 0.29) is 0 Å². The molecule has 29 heavy (non-hydrogen) atoms. The molecule has 0 unspecified atom stereocenters. The molecule has 0 atom stereocenters. The molecule has 4 rings (SSSR count). The van der Waals surface area contributed by atoms with Gasteiger partial charge in [0.05, 0.1) is 11.0 Å². The normalized spacial score (nSPS) is 10.8. The molecule has 0 aliphatic rings. The van der Waals surface area contributed by atoms with Gasteiger partial charge in [-0.3, -0.25) is 0 Å². The van der Waals surface area contributed by atoms with E-state index < -0.39 is 0 Å². The third kappa shape index (κ3) is 4.62. The number of nitrogens with one attached hydrogen (secondary N) is 2. The molecule has 3 aromatic carbocycles. The summed E-state index contributed by atoms with van der Waals surface area (Å²) in [4.78, 5) is 4.74. The Hall–Kier alpha value is -3.22. The highest BCUT2D eigenvalue weighted by Crippen LogP contribution is 2.21. The monoisotopic (exact) mass is 401 g/mol. The van der Waals surface area contributed by atoms with Gasteiger partial charge in [0, 0.05) is 18.8 Å². The van der Waals surface area contributed by atoms with Gasteiger partial charge in [-0.05, 0) is 54.0 Å². The molecule has 4 aromatic rings. The highest BCUT2D eigenvalue weighted by molar-refractivity contribution is 7.80. The maximum absolute atomic E-state index is 5.66. The van der Waals surface area contributed by atoms with Gasteiger partial charge < -0.3 is 20.9 Å². The molecule has 5 nitrogen and oxygen atoms in total. The first-order valence-corrected chi connectivity index (χ1v) is 10.00. The minimum atomic E-state index is 0.502. The van der Waals surface area contributed by atoms with Gasteiger partial charge in [-0.25, -0.2) is 4.98 Å². The van der Waals surface area contributed by atoms with Crippen LogP contribution in [0.25, 0.3) is 11.0 Å². The molecule has 0 bridgehead atoms. The van der Waals surface area contributed by atoms with Crippen LogP contribution >= 0.6 is 12.2 Å². The number of rotatable bonds is 6. The Morgan fingerprint density at radius 2 is 1.59 bits per heavy atom. The zero-order chi connectivity index (χ0) is 20.1. The first-order valence-electron chi connectivity index (χ1n) is 9.59. The predicted molar refractivity (Wildman–Crippen MR) is 124 cm³/mol. The maximum Gasteiger partial charge on any atom is 0.210 e. The van der Waals surface area contributed by atoms with E-state index in [0.717, 1.165) is 41.2 Å². The molecule has 0 aliphatic carbocycles. The highest BCUT2D eigenvalue weighted by Gasteiger charge is 2.12. The fourth-order valence-corrected chi connectivity index (χ4v) is 3.48. The minimum Gasteiger partial charge on any atom is -0.332 e. The van der Waals surface area contributed by atoms with Gasteiger partial charge >= 0.3 is 0 Å². The third-order valence-corrected chi connectivity index (χ3v) is 5.00. The van der Waals surface area contributed by atoms with Gasteiger partial charge in [-0.2, -0.15) is 0 Å². The van der Waals surface area contributed by atoms with Crippen LogP contribution in [0.3, 0.4) is 0 Å². The first-order chi connectivity index (χ1) is 14.2. The Morgan fingerprint density at radius 1 is 0.862 bits per heavy atom. The number of anilines is 2. The summed E-state index contributed by atoms with van der Waals surface area (Å²) < 4.78 is 2.17. The number of aryl methyl sites for hydroxylation is 2. The quantitative estimate of drug-likeness (QED) is 0.414. The van der Waals surface area contributed by atoms with Crippen LogP contribution in [0.2, 0.25) is 0 Å². The molecule has 0 radical (unpaired) electrons. The third-order valence-electron chi connectivity index (χ3n) is 4.79. The highest BCUT2D eigenvalue weighted by atomic mass is 32.1. The number of para-hydroxylation sites is 2. The second kappa shape index (κ2) is 8.86. The zero-order valence-electron chi connectivity index (χ0n) is 16.0. The van der Waals surface area contributed by atoms with Crippen LogP contribution in [0.5, 0.6) is 0 Å². The van der Waals surface area contributed by atoms with Crippen molar-refractivity contribution in [3.63, 3.8) is 0 Å². The predicted octanol–water partition coefficient (Wildman–Crippen LogP) is 4.55. The molecule has 0 spiro atoms. The lowest BCUT2D eigenvalue weighted by molar-refractivity contribution is 0.725. The van der Waals surface area contributed by atoms with Gasteiger partial charge in [0.1, 0.15) is 0 Å². The lowest BCUT2D eigenvalue weighted by Crippen LogP contribution is -2.22. The number of hydrogen-bond acceptors (Lipinski definition) is 3. The first kappa shape index (κ1) is 19.1. The van der Waals surface area contributed by atoms with Crippen molar-refractivity contribution >= 4 is 40.0 Å². The number of hydrogen-bond donors (Lipinski definition) is 3. The number of nitrogens with two attached hydrogens (primary N) is 1. The van der Waals surface area contributed by atoms with Crippen LogP contribution in [-0.4, -0.2) is 14.7 Å². The second-order valence-corrected chi connectivity index (χ2v) is 7.20. The zero-order valence-corrected chi connectivity index (χ0v) is 16.8. The topological polar surface area (TPSA) is 67.9 Å². The van der Waals surface area contributed by atoms with Gasteiger partial charge in [0.25, 0.3) is 0 Å². The van der Waals surface area contributed by atoms with Gasteiger partial charge in [0.2, 0.25) is 5.95 Å². The lowest BCUT2D eigenvalue weighted by Gasteiger charge is -2.13. The number of imidazole rings is 1. The van der Waals surface area contributed by atoms with Gasteiger partial charge in [-0.15, -0.1) is 0 Å². The number of thiocarbonyl (C=S) groups is 1. The minimum absolute atomic E-state index is 0.502. The van der Waals surface area contributed by atoms with Crippen molar-refractivity contribution in [2.24, 2.45) is 5.73 Å². The molecular formula is C23H23N5S. The van der Waals surface area contributed by atoms with Crippen LogP contribution in [0.1, 0.15) is 11.1 Å². The van der Waals surface area contributed by atoms with Crippen LogP contribution in [0.15, 0.2) is 78.9 Å². The number of benzene rings is 3. The summed E-state index contributed by atoms with van der Waals surface area (Å²) in [7, 11) is 0. The molecule has 4 N–H and O–H groups in total. The molecule has 146 valence electrons. The summed E-state index contributed by atoms with van der Waals surface area (Å²) in [6.45, 7) is 1.33. The van der Waals surface area contributed by atoms with Crippen molar-refractivity contribution < 1.29 is 0 Å². The molecular weight excluding hydrogens is 378 g/mol. The van der Waals surface area contributed by atoms with E-state index in [1.54, 1.807) is 0 Å². The van der Waals surface area contributed by atoms with E-state index in [0.29, 0.717) is 11.7 Å². The summed E-state index contributed by atoms with van der Waals surface area (Å²) in [5.41, 5.74) is 11.0. The maximum atomic E-state index is 5.66. The van der Waals surface area contributed by atoms with Gasteiger partial charge in [0.15, 0.2) is 5.11 Å². The Kier molecular flexibility index (Phi) is 5.84. The van der Waals surface area contributed by atoms with Gasteiger partial charge in [-0.1, -0.05) is 54.6 Å². The Bertz CT molecular complexity index is 1100. The smallest absolute Gasteiger partial charge is 0.210 e. The van der Waals surface area contributed by atoms with Crippen molar-refractivity contribution in [3.05, 3.63) is 90.0 Å². The van der Waals surface area contributed by atoms with E-state index >= 15 is 0 Å². The van der Waals surface area contributed by atoms with Crippen molar-refractivity contribution in [2.75, 3.05) is 10.6 Å². The summed E-state index contributed by atoms with van der Waals surface area (Å²) >= 11 is 5.52. The van der Waals surface area contributed by atoms with Crippen molar-refractivity contribution in [1.29, 1.82) is 0 Å². The van der Waals surface area contributed by atoms with Crippen LogP contribution in [0, 0.1) is 0 Å². The molecule has 0 fully saturated rings. The van der Waals surface area contributed by atoms with E-state index in [1.165, 1.54) is 5.56 Å². The number of fused-ring (bicyclic) bond motifs is 1. The van der Waals surface area contributed by atoms with Crippen LogP contribution in [-0.2, 0) is 19.5 Å². The fraction of sp³-hybridized carbons (Fsp3) is 0.130. The SMILES string of the molecule is NCc1ccc(NC(=S)Nc2nc3ccccc3n2CCc2ccccc2)cc1. The largest absolute Gasteiger partial charge is 0.332 e. The summed E-state index contributed by atoms with van der Waals surface area (Å²) in [6.07, 6.45) is 0.913. The summed E-state index contributed by atoms with van der Waals surface area (Å²) in [5.74, 6) is 0.734. The average Bonchev–Trinajstić information content (AvgIpc) is 3.10. The lowest BCUT2D eigenvalue weighted by atomic mass is 10.1. The fourth-order valence-electron chi connectivity index (χ4n) is 3.27. The summed E-state index contributed by atoms with van der Waals surface area (Å²) in [5, 5.41) is 6.98. The number of aromatic nitrogens is 2. The van der Waals surface area contributed by atoms with Crippen LogP contribution < -0.4 is 16.4 Å². The van der Waals surface area contributed by atoms with E-state index in [1.807, 2.05) is 48.5 Å². The molecule has 0 amide bonds. The van der Waals surface area contributed by atoms with E-state index in [2.05, 4.69) is 45.5 Å². The van der Waals surface area contributed by atoms with Crippen molar-refractivity contribution in [1.82, 2.24) is 9.55 Å². The van der Waals surface area contributed by atoms with E-state index in [9.17, 15) is 0 Å². The second-order valence-electron chi connectivity index (χ2n) is 6.79. The Morgan fingerprint density at radius 3 is 2.34 bits per heavy atom. The summed E-state index contributed by atoms with van der Waals surface area (Å²) in [6, 6.07) is 26.5. The molecule has 6 heteroatoms. The standard InChI is InChI=1S/C23H23N5S/c24-16-18-10-12-19(13-11-18)25-23(29)27-22-26-20-8-4-5-9-21(20)28(22)15-14-17-6-2-1-3-7-17/h1-13H,14-16,24H2,(H2,25,26,27,29). The molecule has 1 heterocycles.